The fourth-order valence-electron chi connectivity index (χ4n) is 3.58. The van der Waals surface area contributed by atoms with Crippen LogP contribution in [0.4, 0.5) is 0 Å². The summed E-state index contributed by atoms with van der Waals surface area (Å²) in [6, 6.07) is 0. The van der Waals surface area contributed by atoms with Gasteiger partial charge in [-0.05, 0) is 45.6 Å². The van der Waals surface area contributed by atoms with Crippen LogP contribution in [0, 0.1) is 11.3 Å². The summed E-state index contributed by atoms with van der Waals surface area (Å²) in [5.41, 5.74) is 2.67. The molecule has 0 aromatic carbocycles. The topological polar surface area (TPSA) is 20.3 Å². The zero-order valence-electron chi connectivity index (χ0n) is 10.3. The van der Waals surface area contributed by atoms with Gasteiger partial charge in [0.05, 0.1) is 5.41 Å². The van der Waals surface area contributed by atoms with Gasteiger partial charge in [0.2, 0.25) is 0 Å². The van der Waals surface area contributed by atoms with Gasteiger partial charge < -0.3 is 4.90 Å². The summed E-state index contributed by atoms with van der Waals surface area (Å²) in [6.45, 7) is 10.7. The van der Waals surface area contributed by atoms with Crippen molar-refractivity contribution in [1.29, 1.82) is 0 Å². The molecule has 1 saturated carbocycles. The summed E-state index contributed by atoms with van der Waals surface area (Å²) in [5.74, 6) is 1.00. The zero-order chi connectivity index (χ0) is 11.2. The highest BCUT2D eigenvalue weighted by Crippen LogP contribution is 2.59. The summed E-state index contributed by atoms with van der Waals surface area (Å²) in [6.07, 6.45) is 1.86. The maximum Gasteiger partial charge on any atom is 0.145 e. The highest BCUT2D eigenvalue weighted by molar-refractivity contribution is 5.93. The lowest BCUT2D eigenvalue weighted by molar-refractivity contribution is -0.126. The van der Waals surface area contributed by atoms with Crippen LogP contribution in [0.2, 0.25) is 0 Å². The van der Waals surface area contributed by atoms with Gasteiger partial charge in [0.25, 0.3) is 0 Å². The van der Waals surface area contributed by atoms with Crippen molar-refractivity contribution in [2.24, 2.45) is 11.3 Å². The van der Waals surface area contributed by atoms with Gasteiger partial charge in [-0.25, -0.2) is 0 Å². The lowest BCUT2D eigenvalue weighted by Crippen LogP contribution is -2.48. The number of hydrogen-bond acceptors (Lipinski definition) is 2. The molecule has 2 nitrogen and oxygen atoms in total. The average molecular weight is 207 g/mol. The molecule has 0 N–H and O–H groups in total. The summed E-state index contributed by atoms with van der Waals surface area (Å²) >= 11 is 0. The SMILES string of the molecule is CCN(CC)C1=C(C)C2CCC(=O)C12C. The normalized spacial score (nSPS) is 34.1. The third-order valence-electron chi connectivity index (χ3n) is 4.40. The predicted molar refractivity (Wildman–Crippen MR) is 61.5 cm³/mol. The molecule has 2 aliphatic carbocycles. The molecule has 2 aliphatic rings. The van der Waals surface area contributed by atoms with Gasteiger partial charge >= 0.3 is 0 Å². The molecule has 0 bridgehead atoms. The van der Waals surface area contributed by atoms with Gasteiger partial charge in [-0.3, -0.25) is 4.79 Å². The molecule has 0 radical (unpaired) electrons. The van der Waals surface area contributed by atoms with Crippen LogP contribution in [0.25, 0.3) is 0 Å². The number of carbonyl (C=O) groups excluding carboxylic acids is 1. The highest BCUT2D eigenvalue weighted by Gasteiger charge is 2.58. The van der Waals surface area contributed by atoms with E-state index >= 15 is 0 Å². The molecule has 2 rings (SSSR count). The monoisotopic (exact) mass is 207 g/mol. The molecular formula is C13H21NO. The van der Waals surface area contributed by atoms with Gasteiger partial charge in [0.1, 0.15) is 5.78 Å². The maximum atomic E-state index is 12.0. The number of Topliss-reactive ketones (excluding diaryl/α,β-unsaturated/α-hetero) is 1. The van der Waals surface area contributed by atoms with E-state index in [1.807, 2.05) is 0 Å². The molecule has 0 aliphatic heterocycles. The van der Waals surface area contributed by atoms with Crippen LogP contribution in [0.3, 0.4) is 0 Å². The molecule has 84 valence electrons. The number of allylic oxidation sites excluding steroid dienone is 2. The number of fused-ring (bicyclic) bond motifs is 1. The van der Waals surface area contributed by atoms with Crippen molar-refractivity contribution in [3.05, 3.63) is 11.3 Å². The van der Waals surface area contributed by atoms with E-state index in [-0.39, 0.29) is 5.41 Å². The summed E-state index contributed by atoms with van der Waals surface area (Å²) in [7, 11) is 0. The van der Waals surface area contributed by atoms with E-state index in [2.05, 4.69) is 32.6 Å². The van der Waals surface area contributed by atoms with Gasteiger partial charge in [-0.15, -0.1) is 0 Å². The molecule has 0 aromatic heterocycles. The van der Waals surface area contributed by atoms with E-state index in [1.54, 1.807) is 0 Å². The second kappa shape index (κ2) is 3.36. The number of carbonyl (C=O) groups is 1. The Bertz CT molecular complexity index is 327. The van der Waals surface area contributed by atoms with Crippen LogP contribution in [-0.4, -0.2) is 23.8 Å². The van der Waals surface area contributed by atoms with E-state index in [4.69, 9.17) is 0 Å². The Balaban J connectivity index is 2.36. The van der Waals surface area contributed by atoms with Gasteiger partial charge in [0, 0.05) is 25.2 Å². The first kappa shape index (κ1) is 10.7. The Morgan fingerprint density at radius 3 is 2.53 bits per heavy atom. The van der Waals surface area contributed by atoms with E-state index in [0.717, 1.165) is 25.9 Å². The maximum absolute atomic E-state index is 12.0. The number of hydrogen-bond donors (Lipinski definition) is 0. The van der Waals surface area contributed by atoms with E-state index in [1.165, 1.54) is 11.3 Å². The van der Waals surface area contributed by atoms with Crippen LogP contribution in [0.5, 0.6) is 0 Å². The van der Waals surface area contributed by atoms with Crippen molar-refractivity contribution in [2.75, 3.05) is 13.1 Å². The Morgan fingerprint density at radius 1 is 1.40 bits per heavy atom. The predicted octanol–water partition coefficient (Wildman–Crippen LogP) is 2.60. The Hall–Kier alpha value is -0.790. The third-order valence-corrected chi connectivity index (χ3v) is 4.40. The zero-order valence-corrected chi connectivity index (χ0v) is 10.3. The molecule has 2 atom stereocenters. The first-order valence-electron chi connectivity index (χ1n) is 6.06. The van der Waals surface area contributed by atoms with Crippen LogP contribution in [0.1, 0.15) is 40.5 Å². The molecule has 0 amide bonds. The lowest BCUT2D eigenvalue weighted by Gasteiger charge is -2.49. The molecule has 0 spiro atoms. The van der Waals surface area contributed by atoms with Gasteiger partial charge in [-0.1, -0.05) is 0 Å². The van der Waals surface area contributed by atoms with Crippen molar-refractivity contribution in [1.82, 2.24) is 4.90 Å². The molecule has 0 aromatic rings. The van der Waals surface area contributed by atoms with Crippen LogP contribution < -0.4 is 0 Å². The van der Waals surface area contributed by atoms with Crippen LogP contribution in [-0.2, 0) is 4.79 Å². The van der Waals surface area contributed by atoms with Crippen LogP contribution >= 0.6 is 0 Å². The Kier molecular flexibility index (Phi) is 2.40. The molecule has 2 unspecified atom stereocenters. The molecule has 0 saturated heterocycles. The molecule has 2 heteroatoms. The third kappa shape index (κ3) is 1.14. The van der Waals surface area contributed by atoms with Crippen molar-refractivity contribution in [2.45, 2.75) is 40.5 Å². The first-order valence-corrected chi connectivity index (χ1v) is 6.06. The first-order chi connectivity index (χ1) is 7.07. The lowest BCUT2D eigenvalue weighted by atomic mass is 9.61. The number of nitrogens with zero attached hydrogens (tertiary/aromatic N) is 1. The molecular weight excluding hydrogens is 186 g/mol. The van der Waals surface area contributed by atoms with Crippen molar-refractivity contribution in [3.8, 4) is 0 Å². The van der Waals surface area contributed by atoms with Gasteiger partial charge in [-0.2, -0.15) is 0 Å². The highest BCUT2D eigenvalue weighted by atomic mass is 16.1. The smallest absolute Gasteiger partial charge is 0.145 e. The quantitative estimate of drug-likeness (QED) is 0.709. The summed E-state index contributed by atoms with van der Waals surface area (Å²) < 4.78 is 0. The summed E-state index contributed by atoms with van der Waals surface area (Å²) in [5, 5.41) is 0. The van der Waals surface area contributed by atoms with E-state index < -0.39 is 0 Å². The van der Waals surface area contributed by atoms with E-state index in [9.17, 15) is 4.79 Å². The number of rotatable bonds is 3. The molecule has 1 fully saturated rings. The minimum atomic E-state index is -0.129. The standard InChI is InChI=1S/C13H21NO/c1-5-14(6-2)12-9(3)10-7-8-11(15)13(10,12)4/h10H,5-8H2,1-4H3. The average Bonchev–Trinajstić information content (AvgIpc) is 2.49. The summed E-state index contributed by atoms with van der Waals surface area (Å²) in [4.78, 5) is 14.3. The second-order valence-corrected chi connectivity index (χ2v) is 4.92. The van der Waals surface area contributed by atoms with Crippen molar-refractivity contribution < 1.29 is 4.79 Å². The molecule has 0 heterocycles. The fraction of sp³-hybridized carbons (Fsp3) is 0.769. The number of ketones is 1. The minimum Gasteiger partial charge on any atom is -0.375 e. The van der Waals surface area contributed by atoms with Crippen molar-refractivity contribution in [3.63, 3.8) is 0 Å². The Morgan fingerprint density at radius 2 is 2.00 bits per heavy atom. The second-order valence-electron chi connectivity index (χ2n) is 4.92. The Labute approximate surface area is 92.3 Å². The molecule has 15 heavy (non-hydrogen) atoms. The minimum absolute atomic E-state index is 0.129. The van der Waals surface area contributed by atoms with Gasteiger partial charge in [0.15, 0.2) is 0 Å². The van der Waals surface area contributed by atoms with Crippen molar-refractivity contribution >= 4 is 5.78 Å². The fourth-order valence-corrected chi connectivity index (χ4v) is 3.58. The largest absolute Gasteiger partial charge is 0.375 e. The van der Waals surface area contributed by atoms with Crippen LogP contribution in [0.15, 0.2) is 11.3 Å². The van der Waals surface area contributed by atoms with E-state index in [0.29, 0.717) is 11.7 Å².